The van der Waals surface area contributed by atoms with E-state index in [1.54, 1.807) is 6.07 Å². The van der Waals surface area contributed by atoms with Crippen LogP contribution < -0.4 is 14.9 Å². The number of rotatable bonds is 10. The number of unbranched alkanes of at least 4 members (excludes halogenated alkanes) is 1. The third-order valence-corrected chi connectivity index (χ3v) is 7.68. The smallest absolute Gasteiger partial charge is 0.336 e. The van der Waals surface area contributed by atoms with Crippen molar-refractivity contribution < 1.29 is 27.5 Å². The number of aromatic carboxylic acids is 1. The van der Waals surface area contributed by atoms with Crippen LogP contribution in [0.3, 0.4) is 0 Å². The molecule has 4 rings (SSSR count). The maximum atomic E-state index is 13.5. The number of benzene rings is 2. The molecule has 0 saturated carbocycles. The number of piperazine rings is 1. The molecule has 1 amide bonds. The first-order valence-corrected chi connectivity index (χ1v) is 13.8. The lowest BCUT2D eigenvalue weighted by atomic mass is 10.1. The van der Waals surface area contributed by atoms with Gasteiger partial charge in [-0.3, -0.25) is 14.4 Å². The second kappa shape index (κ2) is 11.7. The van der Waals surface area contributed by atoms with E-state index in [-0.39, 0.29) is 27.4 Å². The van der Waals surface area contributed by atoms with E-state index < -0.39 is 21.8 Å². The van der Waals surface area contributed by atoms with Crippen LogP contribution in [-0.2, 0) is 14.8 Å². The fraction of sp³-hybridized carbons (Fsp3) is 0.346. The molecule has 1 fully saturated rings. The van der Waals surface area contributed by atoms with Crippen molar-refractivity contribution in [3.8, 4) is 0 Å². The van der Waals surface area contributed by atoms with Gasteiger partial charge < -0.3 is 15.3 Å². The highest BCUT2D eigenvalue weighted by atomic mass is 32.2. The number of sulfonamides is 1. The molecule has 0 radical (unpaired) electrons. The molecule has 2 aromatic carbocycles. The van der Waals surface area contributed by atoms with Crippen LogP contribution in [0.2, 0.25) is 0 Å². The Morgan fingerprint density at radius 3 is 2.53 bits per heavy atom. The van der Waals surface area contributed by atoms with E-state index in [9.17, 15) is 27.5 Å². The highest BCUT2D eigenvalue weighted by molar-refractivity contribution is 7.92. The third-order valence-electron chi connectivity index (χ3n) is 6.30. The molecular formula is C26H30FN5O5S. The molecule has 12 heteroatoms. The molecule has 1 aliphatic rings. The van der Waals surface area contributed by atoms with E-state index in [1.807, 2.05) is 9.80 Å². The average Bonchev–Trinajstić information content (AvgIpc) is 2.88. The predicted molar refractivity (Wildman–Crippen MR) is 142 cm³/mol. The van der Waals surface area contributed by atoms with E-state index in [4.69, 9.17) is 0 Å². The Balaban J connectivity index is 1.50. The fourth-order valence-electron chi connectivity index (χ4n) is 4.26. The van der Waals surface area contributed by atoms with E-state index in [0.29, 0.717) is 50.6 Å². The molecule has 0 spiro atoms. The number of carbonyl (C=O) groups excluding carboxylic acids is 1. The Bertz CT molecular complexity index is 1440. The van der Waals surface area contributed by atoms with E-state index in [2.05, 4.69) is 21.9 Å². The van der Waals surface area contributed by atoms with Gasteiger partial charge in [-0.2, -0.15) is 0 Å². The monoisotopic (exact) mass is 543 g/mol. The van der Waals surface area contributed by atoms with E-state index >= 15 is 0 Å². The number of nitrogens with zero attached hydrogens (tertiary/aromatic N) is 3. The van der Waals surface area contributed by atoms with Crippen LogP contribution in [0.15, 0.2) is 53.4 Å². The number of pyridine rings is 1. The van der Waals surface area contributed by atoms with Gasteiger partial charge in [0.25, 0.3) is 10.0 Å². The molecule has 38 heavy (non-hydrogen) atoms. The van der Waals surface area contributed by atoms with Gasteiger partial charge in [0.2, 0.25) is 5.91 Å². The van der Waals surface area contributed by atoms with Crippen molar-refractivity contribution in [2.75, 3.05) is 48.9 Å². The molecule has 202 valence electrons. The second-order valence-electron chi connectivity index (χ2n) is 9.09. The zero-order valence-electron chi connectivity index (χ0n) is 21.0. The summed E-state index contributed by atoms with van der Waals surface area (Å²) in [7, 11) is -4.08. The van der Waals surface area contributed by atoms with Gasteiger partial charge in [0.05, 0.1) is 22.5 Å². The van der Waals surface area contributed by atoms with E-state index in [0.717, 1.165) is 25.0 Å². The summed E-state index contributed by atoms with van der Waals surface area (Å²) in [6.07, 6.45) is 1.96. The van der Waals surface area contributed by atoms with E-state index in [1.165, 1.54) is 30.3 Å². The molecule has 3 N–H and O–H groups in total. The maximum Gasteiger partial charge on any atom is 0.336 e. The highest BCUT2D eigenvalue weighted by Crippen LogP contribution is 2.28. The van der Waals surface area contributed by atoms with Crippen LogP contribution in [-0.4, -0.2) is 74.6 Å². The molecule has 1 saturated heterocycles. The minimum absolute atomic E-state index is 0.00674. The van der Waals surface area contributed by atoms with Crippen molar-refractivity contribution in [1.82, 2.24) is 15.2 Å². The SMILES string of the molecule is CCCCNC(=O)CN1CCN(c2cc(C(=O)O)c3cc(NS(=O)(=O)c4cccc(F)c4)ccc3n2)CC1. The first-order valence-electron chi connectivity index (χ1n) is 12.4. The number of fused-ring (bicyclic) bond motifs is 1. The number of carboxylic acids is 1. The van der Waals surface area contributed by atoms with Crippen molar-refractivity contribution in [3.63, 3.8) is 0 Å². The van der Waals surface area contributed by atoms with Crippen molar-refractivity contribution >= 4 is 44.3 Å². The number of carbonyl (C=O) groups is 2. The summed E-state index contributed by atoms with van der Waals surface area (Å²) < 4.78 is 41.3. The quantitative estimate of drug-likeness (QED) is 0.333. The maximum absolute atomic E-state index is 13.5. The Kier molecular flexibility index (Phi) is 8.42. The standard InChI is InChI=1S/C26H30FN5O5S/c1-2-3-9-28-25(33)17-31-10-12-32(13-11-31)24-16-22(26(34)35)21-15-19(7-8-23(21)29-24)30-38(36,37)20-6-4-5-18(27)14-20/h4-8,14-16,30H,2-3,9-13,17H2,1H3,(H,28,33)(H,34,35). The first-order chi connectivity index (χ1) is 18.2. The van der Waals surface area contributed by atoms with Gasteiger partial charge >= 0.3 is 5.97 Å². The van der Waals surface area contributed by atoms with Gasteiger partial charge in [-0.25, -0.2) is 22.6 Å². The van der Waals surface area contributed by atoms with Gasteiger partial charge in [-0.15, -0.1) is 0 Å². The number of halogens is 1. The van der Waals surface area contributed by atoms with Crippen LogP contribution in [0.5, 0.6) is 0 Å². The number of hydrogen-bond donors (Lipinski definition) is 3. The molecule has 3 aromatic rings. The lowest BCUT2D eigenvalue weighted by Crippen LogP contribution is -2.49. The summed E-state index contributed by atoms with van der Waals surface area (Å²) in [5, 5.41) is 13.1. The molecule has 2 heterocycles. The number of amides is 1. The molecular weight excluding hydrogens is 513 g/mol. The van der Waals surface area contributed by atoms with Crippen molar-refractivity contribution in [2.24, 2.45) is 0 Å². The zero-order chi connectivity index (χ0) is 27.3. The molecule has 1 aliphatic heterocycles. The molecule has 1 aromatic heterocycles. The van der Waals surface area contributed by atoms with Crippen LogP contribution in [0.4, 0.5) is 15.9 Å². The van der Waals surface area contributed by atoms with Gasteiger partial charge in [0.15, 0.2) is 0 Å². The molecule has 0 atom stereocenters. The predicted octanol–water partition coefficient (Wildman–Crippen LogP) is 2.91. The Labute approximate surface area is 220 Å². The number of anilines is 2. The first kappa shape index (κ1) is 27.3. The summed E-state index contributed by atoms with van der Waals surface area (Å²) in [6, 6.07) is 10.5. The van der Waals surface area contributed by atoms with Crippen LogP contribution in [0, 0.1) is 5.82 Å². The topological polar surface area (TPSA) is 132 Å². The Morgan fingerprint density at radius 2 is 1.84 bits per heavy atom. The van der Waals surface area contributed by atoms with Gasteiger partial charge in [0.1, 0.15) is 11.6 Å². The Hall–Kier alpha value is -3.77. The van der Waals surface area contributed by atoms with Crippen molar-refractivity contribution in [1.29, 1.82) is 0 Å². The fourth-order valence-corrected chi connectivity index (χ4v) is 5.34. The van der Waals surface area contributed by atoms with Crippen molar-refractivity contribution in [3.05, 3.63) is 59.9 Å². The summed E-state index contributed by atoms with van der Waals surface area (Å²) in [4.78, 5) is 32.6. The normalized spacial score (nSPS) is 14.4. The minimum Gasteiger partial charge on any atom is -0.478 e. The lowest BCUT2D eigenvalue weighted by Gasteiger charge is -2.35. The lowest BCUT2D eigenvalue weighted by molar-refractivity contribution is -0.122. The summed E-state index contributed by atoms with van der Waals surface area (Å²) >= 11 is 0. The van der Waals surface area contributed by atoms with Crippen LogP contribution >= 0.6 is 0 Å². The van der Waals surface area contributed by atoms with Crippen molar-refractivity contribution in [2.45, 2.75) is 24.7 Å². The number of nitrogens with one attached hydrogen (secondary N) is 2. The average molecular weight is 544 g/mol. The van der Waals surface area contributed by atoms with Crippen LogP contribution in [0.25, 0.3) is 10.9 Å². The van der Waals surface area contributed by atoms with Gasteiger partial charge in [-0.1, -0.05) is 19.4 Å². The van der Waals surface area contributed by atoms with Gasteiger partial charge in [0, 0.05) is 43.8 Å². The number of aromatic nitrogens is 1. The highest BCUT2D eigenvalue weighted by Gasteiger charge is 2.23. The van der Waals surface area contributed by atoms with Crippen LogP contribution in [0.1, 0.15) is 30.1 Å². The molecule has 0 aliphatic carbocycles. The zero-order valence-corrected chi connectivity index (χ0v) is 21.8. The molecule has 0 unspecified atom stereocenters. The summed E-state index contributed by atoms with van der Waals surface area (Å²) in [6.45, 7) is 5.46. The Morgan fingerprint density at radius 1 is 1.08 bits per heavy atom. The summed E-state index contributed by atoms with van der Waals surface area (Å²) in [5.74, 6) is -1.37. The summed E-state index contributed by atoms with van der Waals surface area (Å²) in [5.41, 5.74) is 0.505. The number of hydrogen-bond acceptors (Lipinski definition) is 7. The third kappa shape index (κ3) is 6.56. The molecule has 10 nitrogen and oxygen atoms in total. The largest absolute Gasteiger partial charge is 0.478 e. The van der Waals surface area contributed by atoms with Gasteiger partial charge in [-0.05, 0) is 48.9 Å². The molecule has 0 bridgehead atoms. The minimum atomic E-state index is -4.08. The number of carboxylic acid groups (broad SMARTS) is 1. The second-order valence-corrected chi connectivity index (χ2v) is 10.8.